The predicted octanol–water partition coefficient (Wildman–Crippen LogP) is 10.7. The van der Waals surface area contributed by atoms with Crippen molar-refractivity contribution >= 4 is 10.8 Å². The number of nitrogens with zero attached hydrogens (tertiary/aromatic N) is 4. The van der Waals surface area contributed by atoms with Crippen molar-refractivity contribution in [2.75, 3.05) is 0 Å². The van der Waals surface area contributed by atoms with Gasteiger partial charge in [0.2, 0.25) is 0 Å². The van der Waals surface area contributed by atoms with Crippen LogP contribution in [0.2, 0.25) is 0 Å². The average molecular weight is 611 g/mol. The van der Waals surface area contributed by atoms with E-state index in [2.05, 4.69) is 68.4 Å². The highest BCUT2D eigenvalue weighted by atomic mass is 15.0. The first kappa shape index (κ1) is 29.3. The van der Waals surface area contributed by atoms with E-state index in [1.165, 1.54) is 37.7 Å². The van der Waals surface area contributed by atoms with Crippen molar-refractivity contribution in [3.05, 3.63) is 126 Å². The topological polar surface area (TPSA) is 62.5 Å². The second kappa shape index (κ2) is 11.9. The molecule has 0 N–H and O–H groups in total. The van der Waals surface area contributed by atoms with Crippen LogP contribution in [0, 0.1) is 29.1 Å². The van der Waals surface area contributed by atoms with E-state index in [1.807, 2.05) is 66.7 Å². The summed E-state index contributed by atoms with van der Waals surface area (Å²) in [6.07, 6.45) is 6.78. The van der Waals surface area contributed by atoms with Crippen molar-refractivity contribution in [3.63, 3.8) is 0 Å². The van der Waals surface area contributed by atoms with Gasteiger partial charge in [0.25, 0.3) is 0 Å². The molecule has 2 atom stereocenters. The fraction of sp³-hybridized carbons (Fsp3) is 0.256. The number of fused-ring (bicyclic) bond motifs is 5. The van der Waals surface area contributed by atoms with Crippen LogP contribution in [0.1, 0.15) is 57.1 Å². The molecule has 3 aliphatic rings. The summed E-state index contributed by atoms with van der Waals surface area (Å²) in [5.41, 5.74) is 7.32. The molecule has 1 unspecified atom stereocenters. The zero-order valence-corrected chi connectivity index (χ0v) is 27.0. The summed E-state index contributed by atoms with van der Waals surface area (Å²) in [7, 11) is 0. The third-order valence-corrected chi connectivity index (χ3v) is 10.6. The summed E-state index contributed by atoms with van der Waals surface area (Å²) in [5, 5.41) is 11.6. The van der Waals surface area contributed by atoms with Gasteiger partial charge in [-0.1, -0.05) is 123 Å². The Morgan fingerprint density at radius 2 is 1.21 bits per heavy atom. The first-order valence-electron chi connectivity index (χ1n) is 16.9. The van der Waals surface area contributed by atoms with Crippen molar-refractivity contribution in [1.29, 1.82) is 5.26 Å². The first-order chi connectivity index (χ1) is 23.0. The van der Waals surface area contributed by atoms with E-state index in [1.54, 1.807) is 0 Å². The van der Waals surface area contributed by atoms with Gasteiger partial charge in [-0.2, -0.15) is 5.26 Å². The van der Waals surface area contributed by atoms with E-state index in [4.69, 9.17) is 15.0 Å². The SMILES string of the molecule is C[C@@H]1CC(C)(c2ccc(-c3ccccc3-c3nc(-c4ccccc4)nc(-c4cccc5c(C#N)cccc45)n3)cc2)C[C@H]2C[C@@H](C1)C2. The summed E-state index contributed by atoms with van der Waals surface area (Å²) < 4.78 is 0. The molecule has 0 spiro atoms. The quantitative estimate of drug-likeness (QED) is 0.195. The number of benzene rings is 5. The van der Waals surface area contributed by atoms with E-state index >= 15 is 0 Å². The highest BCUT2D eigenvalue weighted by Crippen LogP contribution is 2.51. The molecule has 4 heteroatoms. The number of hydrogen-bond donors (Lipinski definition) is 0. The first-order valence-corrected chi connectivity index (χ1v) is 16.9. The molecule has 1 heterocycles. The van der Waals surface area contributed by atoms with Crippen LogP contribution in [0.25, 0.3) is 56.1 Å². The van der Waals surface area contributed by atoms with Crippen LogP contribution in [0.4, 0.5) is 0 Å². The monoisotopic (exact) mass is 610 g/mol. The highest BCUT2D eigenvalue weighted by Gasteiger charge is 2.41. The second-order valence-corrected chi connectivity index (χ2v) is 14.1. The Morgan fingerprint density at radius 1 is 0.574 bits per heavy atom. The van der Waals surface area contributed by atoms with Crippen molar-refractivity contribution in [1.82, 2.24) is 15.0 Å². The van der Waals surface area contributed by atoms with Crippen LogP contribution >= 0.6 is 0 Å². The summed E-state index contributed by atoms with van der Waals surface area (Å²) in [4.78, 5) is 15.2. The molecule has 6 aromatic rings. The molecular formula is C43H38N4. The number of aromatic nitrogens is 3. The Morgan fingerprint density at radius 3 is 1.98 bits per heavy atom. The lowest BCUT2D eigenvalue weighted by Gasteiger charge is -2.47. The standard InChI is InChI=1S/C43H38N4/c1-28-22-29-23-30(24-29)26-43(2,25-28)34-20-18-31(19-21-34)35-13-6-7-14-38(35)41-45-40(32-10-4-3-5-11-32)46-42(47-41)39-17-9-15-36-33(27-44)12-8-16-37(36)39/h3-21,28-30H,22-26H2,1-2H3/t28-,29-,30+,43?/m0/s1. The van der Waals surface area contributed by atoms with Gasteiger partial charge in [0.15, 0.2) is 17.5 Å². The van der Waals surface area contributed by atoms with Crippen molar-refractivity contribution in [2.24, 2.45) is 17.8 Å². The third-order valence-electron chi connectivity index (χ3n) is 10.6. The Kier molecular flexibility index (Phi) is 7.41. The molecule has 1 aromatic heterocycles. The minimum Gasteiger partial charge on any atom is -0.208 e. The van der Waals surface area contributed by atoms with Crippen LogP contribution in [0.15, 0.2) is 115 Å². The fourth-order valence-corrected chi connectivity index (χ4v) is 8.53. The maximum Gasteiger partial charge on any atom is 0.164 e. The van der Waals surface area contributed by atoms with Crippen LogP contribution < -0.4 is 0 Å². The molecule has 3 fully saturated rings. The summed E-state index contributed by atoms with van der Waals surface area (Å²) in [6, 6.07) is 41.9. The molecule has 4 nitrogen and oxygen atoms in total. The minimum absolute atomic E-state index is 0.213. The van der Waals surface area contributed by atoms with Gasteiger partial charge in [-0.05, 0) is 83.4 Å². The van der Waals surface area contributed by atoms with Gasteiger partial charge in [-0.3, -0.25) is 0 Å². The van der Waals surface area contributed by atoms with E-state index in [-0.39, 0.29) is 5.41 Å². The zero-order valence-electron chi connectivity index (χ0n) is 27.0. The molecule has 3 saturated carbocycles. The van der Waals surface area contributed by atoms with Gasteiger partial charge in [-0.25, -0.2) is 15.0 Å². The fourth-order valence-electron chi connectivity index (χ4n) is 8.53. The molecule has 0 radical (unpaired) electrons. The van der Waals surface area contributed by atoms with Crippen LogP contribution in [-0.4, -0.2) is 15.0 Å². The number of nitriles is 1. The molecule has 47 heavy (non-hydrogen) atoms. The molecule has 0 saturated heterocycles. The number of hydrogen-bond acceptors (Lipinski definition) is 4. The van der Waals surface area contributed by atoms with Crippen LogP contribution in [0.3, 0.4) is 0 Å². The van der Waals surface area contributed by atoms with E-state index in [0.29, 0.717) is 23.0 Å². The maximum absolute atomic E-state index is 9.78. The lowest BCUT2D eigenvalue weighted by molar-refractivity contribution is 0.0834. The molecule has 3 aliphatic carbocycles. The van der Waals surface area contributed by atoms with Gasteiger partial charge in [0.1, 0.15) is 0 Å². The summed E-state index contributed by atoms with van der Waals surface area (Å²) in [6.45, 7) is 4.95. The van der Waals surface area contributed by atoms with E-state index < -0.39 is 0 Å². The van der Waals surface area contributed by atoms with E-state index in [0.717, 1.165) is 56.3 Å². The highest BCUT2D eigenvalue weighted by molar-refractivity contribution is 5.98. The largest absolute Gasteiger partial charge is 0.208 e. The summed E-state index contributed by atoms with van der Waals surface area (Å²) >= 11 is 0. The van der Waals surface area contributed by atoms with Crippen molar-refractivity contribution in [3.8, 4) is 51.4 Å². The van der Waals surface area contributed by atoms with Gasteiger partial charge in [0.05, 0.1) is 11.6 Å². The third kappa shape index (κ3) is 5.51. The number of rotatable bonds is 5. The Hall–Kier alpha value is -5.14. The minimum atomic E-state index is 0.213. The Labute approximate surface area is 277 Å². The average Bonchev–Trinajstić information content (AvgIpc) is 3.09. The van der Waals surface area contributed by atoms with Gasteiger partial charge in [0, 0.05) is 22.1 Å². The van der Waals surface area contributed by atoms with Crippen LogP contribution in [-0.2, 0) is 5.41 Å². The molecule has 0 aliphatic heterocycles. The summed E-state index contributed by atoms with van der Waals surface area (Å²) in [5.74, 6) is 4.44. The van der Waals surface area contributed by atoms with Crippen LogP contribution in [0.5, 0.6) is 0 Å². The molecule has 0 amide bonds. The Bertz CT molecular complexity index is 2120. The lowest BCUT2D eigenvalue weighted by Crippen LogP contribution is -2.38. The maximum atomic E-state index is 9.78. The van der Waals surface area contributed by atoms with Crippen molar-refractivity contribution in [2.45, 2.75) is 51.4 Å². The molecule has 2 bridgehead atoms. The van der Waals surface area contributed by atoms with Gasteiger partial charge in [-0.15, -0.1) is 0 Å². The Balaban J connectivity index is 1.23. The molecule has 9 rings (SSSR count). The van der Waals surface area contributed by atoms with Gasteiger partial charge < -0.3 is 0 Å². The smallest absolute Gasteiger partial charge is 0.164 e. The molecule has 5 aromatic carbocycles. The molecular weight excluding hydrogens is 573 g/mol. The second-order valence-electron chi connectivity index (χ2n) is 14.1. The normalized spacial score (nSPS) is 22.1. The van der Waals surface area contributed by atoms with E-state index in [9.17, 15) is 5.26 Å². The zero-order chi connectivity index (χ0) is 32.0. The lowest BCUT2D eigenvalue weighted by atomic mass is 9.58. The molecule has 230 valence electrons. The van der Waals surface area contributed by atoms with Crippen molar-refractivity contribution < 1.29 is 0 Å². The predicted molar refractivity (Wildman–Crippen MR) is 190 cm³/mol. The van der Waals surface area contributed by atoms with Gasteiger partial charge >= 0.3 is 0 Å².